The van der Waals surface area contributed by atoms with Crippen LogP contribution in [0.5, 0.6) is 0 Å². The minimum absolute atomic E-state index is 0.261. The van der Waals surface area contributed by atoms with Gasteiger partial charge in [0.2, 0.25) is 0 Å². The minimum atomic E-state index is -1.66. The third-order valence-corrected chi connectivity index (χ3v) is 14.9. The summed E-state index contributed by atoms with van der Waals surface area (Å²) >= 11 is 0. The zero-order chi connectivity index (χ0) is 19.2. The molecular weight excluding hydrogens is 332 g/mol. The van der Waals surface area contributed by atoms with E-state index in [1.807, 2.05) is 0 Å². The average Bonchev–Trinajstić information content (AvgIpc) is 2.35. The van der Waals surface area contributed by atoms with Gasteiger partial charge in [0.1, 0.15) is 0 Å². The predicted octanol–water partition coefficient (Wildman–Crippen LogP) is 4.29. The minimum Gasteiger partial charge on any atom is -0.416 e. The van der Waals surface area contributed by atoms with Gasteiger partial charge in [-0.1, -0.05) is 41.5 Å². The predicted molar refractivity (Wildman–Crippen MR) is 112 cm³/mol. The van der Waals surface area contributed by atoms with Crippen LogP contribution in [-0.4, -0.2) is 60.9 Å². The fraction of sp³-hybridized carbons (Fsp3) is 1.00. The summed E-state index contributed by atoms with van der Waals surface area (Å²) in [6.45, 7) is 27.9. The Labute approximate surface area is 153 Å². The SMILES string of the molecule is CC(C)(C)[Si](C)(C)OCCN(CCN)CCO[Si](C)(C)C(C)(C)C. The second-order valence-electron chi connectivity index (χ2n) is 9.85. The molecule has 0 fully saturated rings. The van der Waals surface area contributed by atoms with Crippen LogP contribution in [0.15, 0.2) is 0 Å². The molecule has 0 saturated heterocycles. The first-order chi connectivity index (χ1) is 10.6. The molecule has 6 heteroatoms. The third-order valence-electron chi connectivity index (χ3n) is 5.80. The molecule has 0 aliphatic heterocycles. The molecule has 0 spiro atoms. The number of hydrogen-bond donors (Lipinski definition) is 1. The molecule has 0 aromatic rings. The van der Waals surface area contributed by atoms with Gasteiger partial charge in [-0.2, -0.15) is 0 Å². The fourth-order valence-electron chi connectivity index (χ4n) is 1.81. The quantitative estimate of drug-likeness (QED) is 0.578. The lowest BCUT2D eigenvalue weighted by Crippen LogP contribution is -2.45. The van der Waals surface area contributed by atoms with E-state index >= 15 is 0 Å². The molecule has 0 aliphatic rings. The van der Waals surface area contributed by atoms with Gasteiger partial charge in [0.15, 0.2) is 16.6 Å². The summed E-state index contributed by atoms with van der Waals surface area (Å²) in [5, 5.41) is 0.522. The van der Waals surface area contributed by atoms with Crippen molar-refractivity contribution in [2.45, 2.75) is 77.8 Å². The highest BCUT2D eigenvalue weighted by Crippen LogP contribution is 2.37. The molecule has 0 aromatic carbocycles. The van der Waals surface area contributed by atoms with Crippen molar-refractivity contribution in [3.8, 4) is 0 Å². The molecular formula is C18H44N2O2Si2. The largest absolute Gasteiger partial charge is 0.416 e. The first-order valence-electron chi connectivity index (χ1n) is 9.34. The van der Waals surface area contributed by atoms with E-state index in [9.17, 15) is 0 Å². The molecule has 4 nitrogen and oxygen atoms in total. The molecule has 2 N–H and O–H groups in total. The topological polar surface area (TPSA) is 47.7 Å². The Morgan fingerprint density at radius 1 is 0.708 bits per heavy atom. The second kappa shape index (κ2) is 9.28. The van der Waals surface area contributed by atoms with Gasteiger partial charge in [0.05, 0.1) is 0 Å². The molecule has 0 unspecified atom stereocenters. The zero-order valence-electron chi connectivity index (χ0n) is 18.1. The molecule has 0 rings (SSSR count). The van der Waals surface area contributed by atoms with E-state index in [0.29, 0.717) is 6.54 Å². The van der Waals surface area contributed by atoms with Gasteiger partial charge in [-0.05, 0) is 36.3 Å². The van der Waals surface area contributed by atoms with Crippen molar-refractivity contribution in [1.29, 1.82) is 0 Å². The molecule has 0 heterocycles. The van der Waals surface area contributed by atoms with Gasteiger partial charge in [-0.15, -0.1) is 0 Å². The molecule has 0 aliphatic carbocycles. The molecule has 0 radical (unpaired) electrons. The Balaban J connectivity index is 4.38. The van der Waals surface area contributed by atoms with Crippen LogP contribution >= 0.6 is 0 Å². The summed E-state index contributed by atoms with van der Waals surface area (Å²) in [6.07, 6.45) is 0. The van der Waals surface area contributed by atoms with Gasteiger partial charge < -0.3 is 14.6 Å². The fourth-order valence-corrected chi connectivity index (χ4v) is 3.88. The zero-order valence-corrected chi connectivity index (χ0v) is 20.1. The Hall–Kier alpha value is 0.274. The number of rotatable bonds is 10. The van der Waals surface area contributed by atoms with Crippen LogP contribution in [0.4, 0.5) is 0 Å². The maximum absolute atomic E-state index is 6.30. The van der Waals surface area contributed by atoms with Crippen molar-refractivity contribution >= 4 is 16.6 Å². The van der Waals surface area contributed by atoms with E-state index in [-0.39, 0.29) is 10.1 Å². The van der Waals surface area contributed by atoms with Crippen molar-refractivity contribution in [3.05, 3.63) is 0 Å². The number of hydrogen-bond acceptors (Lipinski definition) is 4. The van der Waals surface area contributed by atoms with Crippen LogP contribution in [0.1, 0.15) is 41.5 Å². The van der Waals surface area contributed by atoms with Gasteiger partial charge in [-0.25, -0.2) is 0 Å². The van der Waals surface area contributed by atoms with Crippen LogP contribution in [-0.2, 0) is 8.85 Å². The first-order valence-corrected chi connectivity index (χ1v) is 15.2. The molecule has 0 saturated carbocycles. The van der Waals surface area contributed by atoms with Crippen molar-refractivity contribution in [2.75, 3.05) is 39.4 Å². The van der Waals surface area contributed by atoms with E-state index in [1.165, 1.54) is 0 Å². The van der Waals surface area contributed by atoms with E-state index in [4.69, 9.17) is 14.6 Å². The number of nitrogens with zero attached hydrogens (tertiary/aromatic N) is 1. The first kappa shape index (κ1) is 24.3. The standard InChI is InChI=1S/C18H44N2O2Si2/c1-17(2,3)23(7,8)21-15-13-20(12-11-19)14-16-22-24(9,10)18(4,5)6/h11-16,19H2,1-10H3. The lowest BCUT2D eigenvalue weighted by molar-refractivity contribution is 0.168. The molecule has 0 amide bonds. The lowest BCUT2D eigenvalue weighted by Gasteiger charge is -2.38. The number of nitrogens with two attached hydrogens (primary N) is 1. The summed E-state index contributed by atoms with van der Waals surface area (Å²) in [7, 11) is -3.33. The van der Waals surface area contributed by atoms with Crippen LogP contribution in [0.2, 0.25) is 36.3 Å². The van der Waals surface area contributed by atoms with Gasteiger partial charge >= 0.3 is 0 Å². The van der Waals surface area contributed by atoms with E-state index < -0.39 is 16.6 Å². The third kappa shape index (κ3) is 8.10. The molecule has 0 atom stereocenters. The lowest BCUT2D eigenvalue weighted by atomic mass is 10.2. The molecule has 146 valence electrons. The highest BCUT2D eigenvalue weighted by atomic mass is 28.4. The van der Waals surface area contributed by atoms with Crippen LogP contribution in [0, 0.1) is 0 Å². The van der Waals surface area contributed by atoms with Crippen molar-refractivity contribution in [2.24, 2.45) is 5.73 Å². The molecule has 24 heavy (non-hydrogen) atoms. The van der Waals surface area contributed by atoms with Gasteiger partial charge in [0.25, 0.3) is 0 Å². The Bertz CT molecular complexity index is 329. The maximum Gasteiger partial charge on any atom is 0.192 e. The van der Waals surface area contributed by atoms with Crippen molar-refractivity contribution in [1.82, 2.24) is 4.90 Å². The van der Waals surface area contributed by atoms with Gasteiger partial charge in [0, 0.05) is 39.4 Å². The summed E-state index contributed by atoms with van der Waals surface area (Å²) in [5.41, 5.74) is 5.78. The monoisotopic (exact) mass is 376 g/mol. The molecule has 0 bridgehead atoms. The Morgan fingerprint density at radius 3 is 1.29 bits per heavy atom. The van der Waals surface area contributed by atoms with Crippen molar-refractivity contribution in [3.63, 3.8) is 0 Å². The maximum atomic E-state index is 6.30. The normalized spacial score (nSPS) is 14.5. The van der Waals surface area contributed by atoms with Crippen LogP contribution in [0.25, 0.3) is 0 Å². The summed E-state index contributed by atoms with van der Waals surface area (Å²) < 4.78 is 12.6. The van der Waals surface area contributed by atoms with Gasteiger partial charge in [-0.3, -0.25) is 4.90 Å². The highest BCUT2D eigenvalue weighted by Gasteiger charge is 2.38. The summed E-state index contributed by atoms with van der Waals surface area (Å²) in [6, 6.07) is 0. The Morgan fingerprint density at radius 2 is 1.04 bits per heavy atom. The Kier molecular flexibility index (Phi) is 9.39. The smallest absolute Gasteiger partial charge is 0.192 e. The second-order valence-corrected chi connectivity index (χ2v) is 19.5. The van der Waals surface area contributed by atoms with Crippen LogP contribution < -0.4 is 5.73 Å². The molecule has 0 aromatic heterocycles. The van der Waals surface area contributed by atoms with E-state index in [0.717, 1.165) is 32.8 Å². The van der Waals surface area contributed by atoms with E-state index in [2.05, 4.69) is 72.6 Å². The average molecular weight is 377 g/mol. The summed E-state index contributed by atoms with van der Waals surface area (Å²) in [5.74, 6) is 0. The summed E-state index contributed by atoms with van der Waals surface area (Å²) in [4.78, 5) is 2.38. The van der Waals surface area contributed by atoms with Crippen LogP contribution in [0.3, 0.4) is 0 Å². The highest BCUT2D eigenvalue weighted by molar-refractivity contribution is 6.74. The van der Waals surface area contributed by atoms with Crippen molar-refractivity contribution < 1.29 is 8.85 Å². The van der Waals surface area contributed by atoms with E-state index in [1.54, 1.807) is 0 Å².